The molecule has 1 aromatic carbocycles. The number of methoxy groups -OCH3 is 1. The highest BCUT2D eigenvalue weighted by atomic mass is 35.5. The average Bonchev–Trinajstić information content (AvgIpc) is 2.94. The molecule has 0 saturated carbocycles. The molecule has 0 amide bonds. The van der Waals surface area contributed by atoms with Crippen LogP contribution in [0.5, 0.6) is 0 Å². The minimum absolute atomic E-state index is 0.176. The SMILES string of the molecule is COCc1cc(Cl)cc(S(=O)(=O)N(C)C2CCCc3nc(C)sc32)c1. The first-order valence-corrected chi connectivity index (χ1v) is 10.7. The lowest BCUT2D eigenvalue weighted by atomic mass is 9.98. The first-order valence-electron chi connectivity index (χ1n) is 8.05. The van der Waals surface area contributed by atoms with Crippen LogP contribution in [0.25, 0.3) is 0 Å². The number of nitrogens with zero attached hydrogens (tertiary/aromatic N) is 2. The van der Waals surface area contributed by atoms with E-state index in [-0.39, 0.29) is 10.9 Å². The van der Waals surface area contributed by atoms with E-state index in [2.05, 4.69) is 4.98 Å². The normalized spacial score (nSPS) is 17.7. The first kappa shape index (κ1) is 18.8. The van der Waals surface area contributed by atoms with E-state index < -0.39 is 10.0 Å². The minimum Gasteiger partial charge on any atom is -0.380 e. The van der Waals surface area contributed by atoms with Crippen LogP contribution in [-0.2, 0) is 27.8 Å². The highest BCUT2D eigenvalue weighted by Crippen LogP contribution is 2.39. The Morgan fingerprint density at radius 3 is 2.88 bits per heavy atom. The number of ether oxygens (including phenoxy) is 1. The largest absolute Gasteiger partial charge is 0.380 e. The van der Waals surface area contributed by atoms with Gasteiger partial charge in [0.05, 0.1) is 28.2 Å². The van der Waals surface area contributed by atoms with Gasteiger partial charge in [-0.2, -0.15) is 4.31 Å². The second kappa shape index (κ2) is 7.32. The topological polar surface area (TPSA) is 59.5 Å². The van der Waals surface area contributed by atoms with Gasteiger partial charge in [-0.1, -0.05) is 11.6 Å². The Balaban J connectivity index is 1.98. The maximum atomic E-state index is 13.2. The van der Waals surface area contributed by atoms with Gasteiger partial charge in [-0.3, -0.25) is 0 Å². The zero-order valence-corrected chi connectivity index (χ0v) is 16.8. The molecule has 0 spiro atoms. The van der Waals surface area contributed by atoms with Crippen molar-refractivity contribution >= 4 is 33.0 Å². The molecule has 8 heteroatoms. The van der Waals surface area contributed by atoms with Crippen LogP contribution in [0.4, 0.5) is 0 Å². The molecule has 0 aliphatic heterocycles. The summed E-state index contributed by atoms with van der Waals surface area (Å²) in [6, 6.07) is 4.66. The number of aryl methyl sites for hydroxylation is 2. The molecule has 1 aliphatic carbocycles. The summed E-state index contributed by atoms with van der Waals surface area (Å²) in [5.41, 5.74) is 1.77. The van der Waals surface area contributed by atoms with E-state index in [0.717, 1.165) is 40.4 Å². The molecular weight excluding hydrogens is 380 g/mol. The number of aromatic nitrogens is 1. The van der Waals surface area contributed by atoms with Crippen LogP contribution in [0.15, 0.2) is 23.1 Å². The Morgan fingerprint density at radius 2 is 2.16 bits per heavy atom. The number of halogens is 1. The van der Waals surface area contributed by atoms with E-state index in [4.69, 9.17) is 16.3 Å². The highest BCUT2D eigenvalue weighted by Gasteiger charge is 2.34. The Morgan fingerprint density at radius 1 is 1.40 bits per heavy atom. The van der Waals surface area contributed by atoms with Gasteiger partial charge in [0.1, 0.15) is 0 Å². The van der Waals surface area contributed by atoms with Gasteiger partial charge in [0, 0.05) is 24.1 Å². The standard InChI is InChI=1S/C17H21ClN2O3S2/c1-11-19-15-5-4-6-16(17(15)24-11)20(2)25(21,22)14-8-12(10-23-3)7-13(18)9-14/h7-9,16H,4-6,10H2,1-3H3. The van der Waals surface area contributed by atoms with Crippen LogP contribution in [0.1, 0.15) is 40.0 Å². The van der Waals surface area contributed by atoms with Crippen LogP contribution in [0.2, 0.25) is 5.02 Å². The summed E-state index contributed by atoms with van der Waals surface area (Å²) in [6.45, 7) is 2.27. The zero-order chi connectivity index (χ0) is 18.2. The van der Waals surface area contributed by atoms with Gasteiger partial charge < -0.3 is 4.74 Å². The summed E-state index contributed by atoms with van der Waals surface area (Å²) in [6.07, 6.45) is 2.65. The van der Waals surface area contributed by atoms with Crippen LogP contribution in [-0.4, -0.2) is 31.9 Å². The molecular formula is C17H21ClN2O3S2. The van der Waals surface area contributed by atoms with Crippen molar-refractivity contribution in [1.29, 1.82) is 0 Å². The van der Waals surface area contributed by atoms with Crippen LogP contribution in [0.3, 0.4) is 0 Å². The summed E-state index contributed by atoms with van der Waals surface area (Å²) in [7, 11) is -0.457. The van der Waals surface area contributed by atoms with E-state index in [1.807, 2.05) is 6.92 Å². The number of sulfonamides is 1. The lowest BCUT2D eigenvalue weighted by Gasteiger charge is -2.30. The average molecular weight is 401 g/mol. The number of benzene rings is 1. The molecule has 5 nitrogen and oxygen atoms in total. The van der Waals surface area contributed by atoms with Crippen molar-refractivity contribution in [3.8, 4) is 0 Å². The second-order valence-corrected chi connectivity index (χ2v) is 9.87. The fourth-order valence-corrected chi connectivity index (χ4v) is 6.22. The molecule has 1 heterocycles. The maximum Gasteiger partial charge on any atom is 0.243 e. The molecule has 1 unspecified atom stereocenters. The van der Waals surface area contributed by atoms with E-state index in [1.54, 1.807) is 37.6 Å². The molecule has 2 aromatic rings. The molecule has 0 saturated heterocycles. The van der Waals surface area contributed by atoms with E-state index in [0.29, 0.717) is 11.6 Å². The zero-order valence-electron chi connectivity index (χ0n) is 14.5. The molecule has 0 radical (unpaired) electrons. The van der Waals surface area contributed by atoms with Crippen molar-refractivity contribution in [3.63, 3.8) is 0 Å². The lowest BCUT2D eigenvalue weighted by Crippen LogP contribution is -2.33. The molecule has 1 aromatic heterocycles. The van der Waals surface area contributed by atoms with Gasteiger partial charge >= 0.3 is 0 Å². The number of rotatable bonds is 5. The minimum atomic E-state index is -3.66. The quantitative estimate of drug-likeness (QED) is 0.762. The molecule has 0 N–H and O–H groups in total. The molecule has 25 heavy (non-hydrogen) atoms. The predicted octanol–water partition coefficient (Wildman–Crippen LogP) is 3.95. The predicted molar refractivity (Wildman–Crippen MR) is 99.6 cm³/mol. The molecule has 1 atom stereocenters. The van der Waals surface area contributed by atoms with Crippen LogP contribution >= 0.6 is 22.9 Å². The van der Waals surface area contributed by atoms with Crippen molar-refractivity contribution in [1.82, 2.24) is 9.29 Å². The van der Waals surface area contributed by atoms with E-state index >= 15 is 0 Å². The van der Waals surface area contributed by atoms with Crippen molar-refractivity contribution in [2.24, 2.45) is 0 Å². The lowest BCUT2D eigenvalue weighted by molar-refractivity contribution is 0.184. The molecule has 0 bridgehead atoms. The summed E-state index contributed by atoms with van der Waals surface area (Å²) in [5, 5.41) is 1.37. The van der Waals surface area contributed by atoms with Gasteiger partial charge in [-0.15, -0.1) is 11.3 Å². The summed E-state index contributed by atoms with van der Waals surface area (Å²) in [5.74, 6) is 0. The van der Waals surface area contributed by atoms with E-state index in [9.17, 15) is 8.42 Å². The number of hydrogen-bond donors (Lipinski definition) is 0. The first-order chi connectivity index (χ1) is 11.8. The second-order valence-electron chi connectivity index (χ2n) is 6.20. The Kier molecular flexibility index (Phi) is 5.51. The fourth-order valence-electron chi connectivity index (χ4n) is 3.22. The van der Waals surface area contributed by atoms with E-state index in [1.165, 1.54) is 10.4 Å². The Hall–Kier alpha value is -0.990. The Labute approximate surface area is 157 Å². The highest BCUT2D eigenvalue weighted by molar-refractivity contribution is 7.89. The van der Waals surface area contributed by atoms with Gasteiger partial charge in [-0.05, 0) is 49.9 Å². The van der Waals surface area contributed by atoms with Gasteiger partial charge in [0.2, 0.25) is 10.0 Å². The summed E-state index contributed by atoms with van der Waals surface area (Å²) >= 11 is 7.71. The molecule has 3 rings (SSSR count). The van der Waals surface area contributed by atoms with Crippen LogP contribution in [0, 0.1) is 6.92 Å². The molecule has 1 aliphatic rings. The van der Waals surface area contributed by atoms with Gasteiger partial charge in [0.25, 0.3) is 0 Å². The van der Waals surface area contributed by atoms with Crippen molar-refractivity contribution in [3.05, 3.63) is 44.4 Å². The number of hydrogen-bond acceptors (Lipinski definition) is 5. The third kappa shape index (κ3) is 3.75. The van der Waals surface area contributed by atoms with Gasteiger partial charge in [-0.25, -0.2) is 13.4 Å². The molecule has 136 valence electrons. The smallest absolute Gasteiger partial charge is 0.243 e. The van der Waals surface area contributed by atoms with Crippen molar-refractivity contribution in [2.45, 2.75) is 43.7 Å². The Bertz CT molecular complexity index is 880. The number of fused-ring (bicyclic) bond motifs is 1. The summed E-state index contributed by atoms with van der Waals surface area (Å²) < 4.78 is 32.9. The van der Waals surface area contributed by atoms with Crippen molar-refractivity contribution in [2.75, 3.05) is 14.2 Å². The van der Waals surface area contributed by atoms with Gasteiger partial charge in [0.15, 0.2) is 0 Å². The third-order valence-corrected chi connectivity index (χ3v) is 7.56. The third-order valence-electron chi connectivity index (χ3n) is 4.39. The van der Waals surface area contributed by atoms with Crippen molar-refractivity contribution < 1.29 is 13.2 Å². The maximum absolute atomic E-state index is 13.2. The fraction of sp³-hybridized carbons (Fsp3) is 0.471. The molecule has 0 fully saturated rings. The van der Waals surface area contributed by atoms with Crippen LogP contribution < -0.4 is 0 Å². The monoisotopic (exact) mass is 400 g/mol. The summed E-state index contributed by atoms with van der Waals surface area (Å²) in [4.78, 5) is 5.81. The number of thiazole rings is 1.